The van der Waals surface area contributed by atoms with E-state index in [1.54, 1.807) is 42.5 Å². The van der Waals surface area contributed by atoms with Crippen molar-refractivity contribution in [1.82, 2.24) is 10.0 Å². The fraction of sp³-hybridized carbons (Fsp3) is 0.0769. The molecule has 2 amide bonds. The summed E-state index contributed by atoms with van der Waals surface area (Å²) in [6, 6.07) is 39.0. The molecule has 51 heavy (non-hydrogen) atoms. The Morgan fingerprint density at radius 1 is 0.745 bits per heavy atom. The average Bonchev–Trinajstić information content (AvgIpc) is 3.14. The van der Waals surface area contributed by atoms with E-state index in [1.807, 2.05) is 83.6 Å². The van der Waals surface area contributed by atoms with Crippen molar-refractivity contribution in [3.05, 3.63) is 171 Å². The third kappa shape index (κ3) is 8.58. The average molecular weight is 720 g/mol. The molecule has 0 radical (unpaired) electrons. The van der Waals surface area contributed by atoms with E-state index >= 15 is 0 Å². The maximum Gasteiger partial charge on any atom is 0.289 e. The van der Waals surface area contributed by atoms with Crippen molar-refractivity contribution in [2.24, 2.45) is 0 Å². The van der Waals surface area contributed by atoms with Gasteiger partial charge in [0.1, 0.15) is 23.4 Å². The molecule has 0 aromatic heterocycles. The minimum Gasteiger partial charge on any atom is -0.489 e. The van der Waals surface area contributed by atoms with Gasteiger partial charge in [0.2, 0.25) is 0 Å². The molecule has 0 aliphatic heterocycles. The summed E-state index contributed by atoms with van der Waals surface area (Å²) in [6.07, 6.45) is -0.0807. The van der Waals surface area contributed by atoms with E-state index in [1.165, 1.54) is 0 Å². The number of amides is 2. The van der Waals surface area contributed by atoms with Crippen molar-refractivity contribution in [2.75, 3.05) is 0 Å². The van der Waals surface area contributed by atoms with Crippen LogP contribution in [0.4, 0.5) is 5.69 Å². The van der Waals surface area contributed by atoms with Crippen LogP contribution in [0.3, 0.4) is 0 Å². The van der Waals surface area contributed by atoms with E-state index < -0.39 is 43.4 Å². The largest absolute Gasteiger partial charge is 0.489 e. The second-order valence-electron chi connectivity index (χ2n) is 11.6. The predicted octanol–water partition coefficient (Wildman–Crippen LogP) is 7.49. The van der Waals surface area contributed by atoms with E-state index in [2.05, 4.69) is 5.32 Å². The van der Waals surface area contributed by atoms with Crippen molar-refractivity contribution in [2.45, 2.75) is 24.0 Å². The molecule has 12 heteroatoms. The number of rotatable bonds is 12. The zero-order valence-electron chi connectivity index (χ0n) is 26.9. The summed E-state index contributed by atoms with van der Waals surface area (Å²) in [5, 5.41) is 15.5. The highest BCUT2D eigenvalue weighted by Gasteiger charge is 2.28. The number of halogens is 1. The molecule has 0 bridgehead atoms. The van der Waals surface area contributed by atoms with Gasteiger partial charge in [0.25, 0.3) is 27.5 Å². The van der Waals surface area contributed by atoms with Crippen LogP contribution in [-0.2, 0) is 27.8 Å². The fourth-order valence-electron chi connectivity index (χ4n) is 5.39. The lowest BCUT2D eigenvalue weighted by Gasteiger charge is -2.19. The maximum atomic E-state index is 13.6. The van der Waals surface area contributed by atoms with Gasteiger partial charge in [-0.05, 0) is 69.4 Å². The molecule has 6 rings (SSSR count). The summed E-state index contributed by atoms with van der Waals surface area (Å²) in [7, 11) is -4.59. The van der Waals surface area contributed by atoms with Crippen LogP contribution in [0.25, 0.3) is 21.9 Å². The van der Waals surface area contributed by atoms with Crippen LogP contribution < -0.4 is 14.8 Å². The molecule has 0 fully saturated rings. The number of hydrogen-bond acceptors (Lipinski definition) is 7. The molecule has 0 unspecified atom stereocenters. The summed E-state index contributed by atoms with van der Waals surface area (Å²) >= 11 is 5.85. The molecule has 0 saturated heterocycles. The topological polar surface area (TPSA) is 145 Å². The number of carbonyl (C=O) groups is 2. The van der Waals surface area contributed by atoms with Crippen LogP contribution in [0.15, 0.2) is 144 Å². The number of nitrogens with one attached hydrogen (secondary N) is 2. The smallest absolute Gasteiger partial charge is 0.289 e. The van der Waals surface area contributed by atoms with Crippen LogP contribution in [0.1, 0.15) is 21.5 Å². The van der Waals surface area contributed by atoms with Crippen LogP contribution in [0.2, 0.25) is 5.02 Å². The molecule has 1 atom stereocenters. The number of fused-ring (bicyclic) bond motifs is 1. The first-order valence-electron chi connectivity index (χ1n) is 15.7. The first kappa shape index (κ1) is 34.8. The van der Waals surface area contributed by atoms with Crippen LogP contribution in [-0.4, -0.2) is 31.2 Å². The maximum absolute atomic E-state index is 13.6. The van der Waals surface area contributed by atoms with Gasteiger partial charge >= 0.3 is 0 Å². The number of sulfonamides is 1. The molecular formula is C39H30ClN3O7S. The Hall–Kier alpha value is -6.04. The van der Waals surface area contributed by atoms with Crippen LogP contribution >= 0.6 is 11.6 Å². The molecule has 10 nitrogen and oxygen atoms in total. The monoisotopic (exact) mass is 719 g/mol. The molecule has 256 valence electrons. The first-order valence-corrected chi connectivity index (χ1v) is 17.6. The zero-order valence-corrected chi connectivity index (χ0v) is 28.4. The second kappa shape index (κ2) is 15.2. The Kier molecular flexibility index (Phi) is 10.4. The number of nitro groups is 1. The third-order valence-electron chi connectivity index (χ3n) is 8.12. The van der Waals surface area contributed by atoms with Crippen LogP contribution in [0, 0.1) is 10.1 Å². The minimum absolute atomic E-state index is 0.0807. The predicted molar refractivity (Wildman–Crippen MR) is 195 cm³/mol. The van der Waals surface area contributed by atoms with E-state index in [0.717, 1.165) is 45.7 Å². The second-order valence-corrected chi connectivity index (χ2v) is 13.7. The molecule has 0 heterocycles. The lowest BCUT2D eigenvalue weighted by Crippen LogP contribution is -2.49. The highest BCUT2D eigenvalue weighted by atomic mass is 35.5. The molecule has 0 spiro atoms. The normalized spacial score (nSPS) is 11.8. The van der Waals surface area contributed by atoms with Gasteiger partial charge < -0.3 is 10.1 Å². The molecule has 0 saturated carbocycles. The van der Waals surface area contributed by atoms with Crippen molar-refractivity contribution < 1.29 is 27.7 Å². The Morgan fingerprint density at radius 2 is 1.39 bits per heavy atom. The number of nitro benzene ring substituents is 1. The van der Waals surface area contributed by atoms with Gasteiger partial charge in [-0.3, -0.25) is 19.7 Å². The van der Waals surface area contributed by atoms with Gasteiger partial charge in [-0.15, -0.1) is 0 Å². The third-order valence-corrected chi connectivity index (χ3v) is 9.79. The zero-order chi connectivity index (χ0) is 36.0. The van der Waals surface area contributed by atoms with Crippen molar-refractivity contribution >= 4 is 49.9 Å². The van der Waals surface area contributed by atoms with Gasteiger partial charge in [0, 0.05) is 18.1 Å². The van der Waals surface area contributed by atoms with Gasteiger partial charge in [-0.2, -0.15) is 0 Å². The summed E-state index contributed by atoms with van der Waals surface area (Å²) in [4.78, 5) is 36.9. The molecule has 0 aliphatic carbocycles. The van der Waals surface area contributed by atoms with E-state index in [0.29, 0.717) is 17.9 Å². The van der Waals surface area contributed by atoms with Gasteiger partial charge in [0.05, 0.1) is 9.82 Å². The summed E-state index contributed by atoms with van der Waals surface area (Å²) in [6.45, 7) is 0.321. The Morgan fingerprint density at radius 3 is 2.10 bits per heavy atom. The van der Waals surface area contributed by atoms with Gasteiger partial charge in [-0.25, -0.2) is 13.1 Å². The molecule has 0 aliphatic rings. The van der Waals surface area contributed by atoms with Gasteiger partial charge in [-0.1, -0.05) is 109 Å². The number of ether oxygens (including phenoxy) is 1. The molecule has 2 N–H and O–H groups in total. The number of carbonyl (C=O) groups excluding carboxylic acids is 2. The Labute approximate surface area is 298 Å². The standard InChI is InChI=1S/C39H30ClN3O7S/c40-35-21-20-34(24-37(35)43(46)47)51(48,49)42-39(45)36(41-38(44)32-17-16-29-8-4-5-9-31(29)23-32)22-26-12-18-33(19-13-26)50-25-27-10-14-30(15-11-27)28-6-2-1-3-7-28/h1-21,23-24,36H,22,25H2,(H,41,44)(H,42,45)/t36-/m0/s1. The van der Waals surface area contributed by atoms with Crippen molar-refractivity contribution in [1.29, 1.82) is 0 Å². The number of benzene rings is 6. The van der Waals surface area contributed by atoms with Crippen LogP contribution in [0.5, 0.6) is 5.75 Å². The Bertz CT molecular complexity index is 2330. The van der Waals surface area contributed by atoms with Crippen molar-refractivity contribution in [3.63, 3.8) is 0 Å². The minimum atomic E-state index is -4.59. The first-order chi connectivity index (χ1) is 24.6. The van der Waals surface area contributed by atoms with E-state index in [-0.39, 0.29) is 17.0 Å². The number of hydrogen-bond donors (Lipinski definition) is 2. The van der Waals surface area contributed by atoms with E-state index in [9.17, 15) is 28.1 Å². The lowest BCUT2D eigenvalue weighted by atomic mass is 10.0. The fourth-order valence-corrected chi connectivity index (χ4v) is 6.62. The highest BCUT2D eigenvalue weighted by Crippen LogP contribution is 2.27. The summed E-state index contributed by atoms with van der Waals surface area (Å²) < 4.78 is 34.3. The lowest BCUT2D eigenvalue weighted by molar-refractivity contribution is -0.384. The van der Waals surface area contributed by atoms with E-state index in [4.69, 9.17) is 16.3 Å². The molecule has 6 aromatic rings. The Balaban J connectivity index is 1.18. The summed E-state index contributed by atoms with van der Waals surface area (Å²) in [5.74, 6) is -1.07. The molecular weight excluding hydrogens is 690 g/mol. The summed E-state index contributed by atoms with van der Waals surface area (Å²) in [5.41, 5.74) is 3.42. The van der Waals surface area contributed by atoms with Crippen molar-refractivity contribution in [3.8, 4) is 16.9 Å². The quantitative estimate of drug-likeness (QED) is 0.0985. The van der Waals surface area contributed by atoms with Gasteiger partial charge in [0.15, 0.2) is 0 Å². The number of nitrogens with zero attached hydrogens (tertiary/aromatic N) is 1. The SMILES string of the molecule is O=C(N[C@@H](Cc1ccc(OCc2ccc(-c3ccccc3)cc2)cc1)C(=O)NS(=O)(=O)c1ccc(Cl)c([N+](=O)[O-])c1)c1ccc2ccccc2c1. The molecule has 6 aromatic carbocycles. The highest BCUT2D eigenvalue weighted by molar-refractivity contribution is 7.90.